The van der Waals surface area contributed by atoms with E-state index >= 15 is 0 Å². The van der Waals surface area contributed by atoms with Crippen LogP contribution < -0.4 is 0 Å². The van der Waals surface area contributed by atoms with E-state index < -0.39 is 11.9 Å². The summed E-state index contributed by atoms with van der Waals surface area (Å²) in [7, 11) is 0. The van der Waals surface area contributed by atoms with Gasteiger partial charge in [0, 0.05) is 13.8 Å². The maximum atomic E-state index is 9.00. The first-order chi connectivity index (χ1) is 5.88. The number of aliphatic carboxylic acids is 2. The Balaban J connectivity index is -0.000000117. The molecule has 0 saturated carbocycles. The molecule has 0 aliphatic heterocycles. The summed E-state index contributed by atoms with van der Waals surface area (Å²) < 4.78 is 0. The van der Waals surface area contributed by atoms with Gasteiger partial charge in [-0.1, -0.05) is 0 Å². The van der Waals surface area contributed by atoms with Crippen LogP contribution in [0.3, 0.4) is 0 Å². The van der Waals surface area contributed by atoms with Crippen molar-refractivity contribution in [3.8, 4) is 0 Å². The molecule has 2 N–H and O–H groups in total. The molecule has 4 nitrogen and oxygen atoms in total. The van der Waals surface area contributed by atoms with Crippen LogP contribution in [0.5, 0.6) is 0 Å². The minimum atomic E-state index is -0.833. The van der Waals surface area contributed by atoms with Crippen molar-refractivity contribution in [3.05, 3.63) is 0 Å². The third-order valence-corrected chi connectivity index (χ3v) is 2.60. The van der Waals surface area contributed by atoms with Gasteiger partial charge in [-0.3, -0.25) is 9.59 Å². The Morgan fingerprint density at radius 3 is 1.15 bits per heavy atom. The zero-order valence-corrected chi connectivity index (χ0v) is 10.7. The van der Waals surface area contributed by atoms with Gasteiger partial charge < -0.3 is 10.2 Å². The number of carbonyl (C=O) groups is 2. The van der Waals surface area contributed by atoms with E-state index in [0.29, 0.717) is 15.4 Å². The van der Waals surface area contributed by atoms with Gasteiger partial charge in [-0.05, 0) is 0 Å². The Morgan fingerprint density at radius 2 is 1.15 bits per heavy atom. The fraction of sp³-hybridized carbons (Fsp3) is 0.750. The van der Waals surface area contributed by atoms with Crippen LogP contribution >= 0.6 is 0 Å². The van der Waals surface area contributed by atoms with Crippen molar-refractivity contribution in [2.24, 2.45) is 0 Å². The molecule has 2 radical (unpaired) electrons. The molecular formula is C8H18GeO4. The zero-order chi connectivity index (χ0) is 11.3. The topological polar surface area (TPSA) is 74.6 Å². The van der Waals surface area contributed by atoms with Crippen LogP contribution in [0.2, 0.25) is 10.5 Å². The quantitative estimate of drug-likeness (QED) is 0.733. The molecule has 0 aromatic carbocycles. The van der Waals surface area contributed by atoms with Crippen molar-refractivity contribution in [2.45, 2.75) is 38.2 Å². The minimum absolute atomic E-state index is 0.528. The second-order valence-electron chi connectivity index (χ2n) is 2.00. The molecule has 0 fully saturated rings. The van der Waals surface area contributed by atoms with Gasteiger partial charge >= 0.3 is 39.8 Å². The summed E-state index contributed by atoms with van der Waals surface area (Å²) in [5, 5.41) is 17.8. The molecule has 0 aromatic heterocycles. The van der Waals surface area contributed by atoms with Crippen LogP contribution in [-0.4, -0.2) is 37.6 Å². The molecule has 0 spiro atoms. The molecule has 0 unspecified atom stereocenters. The molecule has 0 bridgehead atoms. The van der Waals surface area contributed by atoms with Gasteiger partial charge in [0.05, 0.1) is 0 Å². The van der Waals surface area contributed by atoms with Crippen molar-refractivity contribution in [2.75, 3.05) is 0 Å². The van der Waals surface area contributed by atoms with Gasteiger partial charge in [0.15, 0.2) is 0 Å². The van der Waals surface area contributed by atoms with Crippen molar-refractivity contribution >= 4 is 27.4 Å². The molecule has 0 heterocycles. The Labute approximate surface area is 85.8 Å². The molecule has 0 amide bonds. The van der Waals surface area contributed by atoms with E-state index in [0.717, 1.165) is 13.8 Å². The van der Waals surface area contributed by atoms with Crippen LogP contribution in [0.1, 0.15) is 27.7 Å². The summed E-state index contributed by atoms with van der Waals surface area (Å²) >= 11 is 0.528. The van der Waals surface area contributed by atoms with Gasteiger partial charge in [-0.25, -0.2) is 0 Å². The summed E-state index contributed by atoms with van der Waals surface area (Å²) in [6, 6.07) is 0. The SMILES string of the molecule is CC(=O)O.CC(=O)O.C[CH2][Ge][CH2]C. The third-order valence-electron chi connectivity index (χ3n) is 0.500. The Bertz CT molecular complexity index is 103. The average molecular weight is 251 g/mol. The standard InChI is InChI=1S/C4H10Ge.2C2H4O2/c1-3-5-4-2;2*1-2(3)4/h3-4H2,1-2H3;2*1H3,(H,3,4). The summed E-state index contributed by atoms with van der Waals surface area (Å²) in [6.07, 6.45) is 0. The van der Waals surface area contributed by atoms with Crippen molar-refractivity contribution < 1.29 is 19.8 Å². The summed E-state index contributed by atoms with van der Waals surface area (Å²) in [5.41, 5.74) is 0. The van der Waals surface area contributed by atoms with Gasteiger partial charge in [0.2, 0.25) is 0 Å². The predicted octanol–water partition coefficient (Wildman–Crippen LogP) is 1.75. The van der Waals surface area contributed by atoms with E-state index in [1.54, 1.807) is 0 Å². The van der Waals surface area contributed by atoms with E-state index in [1.165, 1.54) is 10.5 Å². The second kappa shape index (κ2) is 17.5. The van der Waals surface area contributed by atoms with Crippen LogP contribution in [-0.2, 0) is 9.59 Å². The number of carboxylic acids is 2. The van der Waals surface area contributed by atoms with Gasteiger partial charge in [-0.2, -0.15) is 0 Å². The monoisotopic (exact) mass is 252 g/mol. The Hall–Kier alpha value is -0.517. The van der Waals surface area contributed by atoms with Crippen LogP contribution in [0.15, 0.2) is 0 Å². The molecule has 0 atom stereocenters. The predicted molar refractivity (Wildman–Crippen MR) is 53.3 cm³/mol. The zero-order valence-electron chi connectivity index (χ0n) is 8.63. The maximum absolute atomic E-state index is 9.00. The Morgan fingerprint density at radius 1 is 1.00 bits per heavy atom. The van der Waals surface area contributed by atoms with Crippen molar-refractivity contribution in [1.29, 1.82) is 0 Å². The van der Waals surface area contributed by atoms with Gasteiger partial charge in [0.25, 0.3) is 11.9 Å². The molecule has 0 aliphatic carbocycles. The fourth-order valence-corrected chi connectivity index (χ4v) is 1.30. The number of carboxylic acid groups (broad SMARTS) is 2. The van der Waals surface area contributed by atoms with Crippen molar-refractivity contribution in [3.63, 3.8) is 0 Å². The van der Waals surface area contributed by atoms with E-state index in [4.69, 9.17) is 19.8 Å². The van der Waals surface area contributed by atoms with E-state index in [1.807, 2.05) is 0 Å². The molecular weight excluding hydrogens is 233 g/mol. The van der Waals surface area contributed by atoms with Crippen molar-refractivity contribution in [1.82, 2.24) is 0 Å². The van der Waals surface area contributed by atoms with Gasteiger partial charge in [0.1, 0.15) is 0 Å². The van der Waals surface area contributed by atoms with Crippen LogP contribution in [0.4, 0.5) is 0 Å². The average Bonchev–Trinajstić information content (AvgIpc) is 1.86. The Kier molecular flexibility index (Phi) is 24.7. The third kappa shape index (κ3) is 470. The first-order valence-corrected chi connectivity index (χ1v) is 6.94. The van der Waals surface area contributed by atoms with E-state index in [2.05, 4.69) is 13.8 Å². The molecule has 78 valence electrons. The van der Waals surface area contributed by atoms with E-state index in [9.17, 15) is 0 Å². The van der Waals surface area contributed by atoms with Crippen LogP contribution in [0, 0.1) is 0 Å². The molecule has 5 heteroatoms. The second-order valence-corrected chi connectivity index (χ2v) is 6.01. The normalized spacial score (nSPS) is 7.08. The first-order valence-electron chi connectivity index (χ1n) is 3.98. The summed E-state index contributed by atoms with van der Waals surface area (Å²) in [4.78, 5) is 18.0. The molecule has 13 heavy (non-hydrogen) atoms. The first kappa shape index (κ1) is 18.3. The van der Waals surface area contributed by atoms with Gasteiger partial charge in [-0.15, -0.1) is 0 Å². The molecule has 0 aliphatic rings. The number of hydrogen-bond acceptors (Lipinski definition) is 2. The molecule has 0 saturated heterocycles. The summed E-state index contributed by atoms with van der Waals surface area (Å²) in [6.45, 7) is 6.70. The number of rotatable bonds is 2. The number of hydrogen-bond donors (Lipinski definition) is 2. The molecule has 0 aromatic rings. The van der Waals surface area contributed by atoms with Crippen LogP contribution in [0.25, 0.3) is 0 Å². The van der Waals surface area contributed by atoms with E-state index in [-0.39, 0.29) is 0 Å². The molecule has 0 rings (SSSR count). The summed E-state index contributed by atoms with van der Waals surface area (Å²) in [5.74, 6) is -1.67. The fourth-order valence-electron chi connectivity index (χ4n) is 0.250.